The van der Waals surface area contributed by atoms with Crippen LogP contribution in [-0.4, -0.2) is 98.4 Å². The Bertz CT molecular complexity index is 1700. The Kier molecular flexibility index (Phi) is 7.20. The quantitative estimate of drug-likeness (QED) is 0.125. The average Bonchev–Trinajstić information content (AvgIpc) is 3.69. The predicted molar refractivity (Wildman–Crippen MR) is 140 cm³/mol. The van der Waals surface area contributed by atoms with Gasteiger partial charge in [0.05, 0.1) is 24.7 Å². The zero-order chi connectivity index (χ0) is 29.1. The maximum absolute atomic E-state index is 15.1. The summed E-state index contributed by atoms with van der Waals surface area (Å²) >= 11 is 5.17. The number of nitrogens with zero attached hydrogens (tertiary/aromatic N) is 7. The lowest BCUT2D eigenvalue weighted by Crippen LogP contribution is -2.31. The number of aliphatic hydroxyl groups is 2. The molecule has 0 radical (unpaired) electrons. The van der Waals surface area contributed by atoms with Crippen LogP contribution in [0.25, 0.3) is 22.2 Å². The standard InChI is InChI=1S/C20H24FN10O8PS/c21-11-13(33)10(38-19(11)30-2-1-8-14(22)24-6-25-15(8)30)5-36-40(35,41)39-9-3-7(4-32)37-18(9)31-16-12(28-29-31)17(34)27-20(23)26-16/h1-2,6-7,9-11,13,18-19,32-33H,3-5H2,(H,35,41)(H2,22,24,25)(H3,23,26,27,34)/t7-,9+,10+,11-,13+,18+,19+,40?/m0/s1. The van der Waals surface area contributed by atoms with Crippen LogP contribution < -0.4 is 17.0 Å². The summed E-state index contributed by atoms with van der Waals surface area (Å²) < 4.78 is 40.2. The molecule has 2 fully saturated rings. The number of aromatic nitrogens is 8. The number of hydrogen-bond donors (Lipinski definition) is 6. The third-order valence-electron chi connectivity index (χ3n) is 6.72. The van der Waals surface area contributed by atoms with Gasteiger partial charge in [0.2, 0.25) is 5.95 Å². The largest absolute Gasteiger partial charge is 0.394 e. The van der Waals surface area contributed by atoms with E-state index in [4.69, 9.17) is 41.8 Å². The molecule has 0 aromatic carbocycles. The van der Waals surface area contributed by atoms with Crippen molar-refractivity contribution in [1.29, 1.82) is 0 Å². The van der Waals surface area contributed by atoms with E-state index in [9.17, 15) is 19.9 Å². The lowest BCUT2D eigenvalue weighted by atomic mass is 10.1. The van der Waals surface area contributed by atoms with Crippen molar-refractivity contribution in [3.8, 4) is 0 Å². The lowest BCUT2D eigenvalue weighted by molar-refractivity contribution is -0.0594. The van der Waals surface area contributed by atoms with E-state index in [-0.39, 0.29) is 29.4 Å². The van der Waals surface area contributed by atoms with Crippen molar-refractivity contribution in [1.82, 2.24) is 39.5 Å². The molecule has 4 aromatic heterocycles. The summed E-state index contributed by atoms with van der Waals surface area (Å²) in [5.41, 5.74) is 11.0. The van der Waals surface area contributed by atoms with Gasteiger partial charge in [0.1, 0.15) is 36.1 Å². The third-order valence-corrected chi connectivity index (χ3v) is 8.31. The number of anilines is 2. The molecule has 6 rings (SSSR count). The molecule has 0 amide bonds. The number of alkyl halides is 1. The van der Waals surface area contributed by atoms with Gasteiger partial charge in [0, 0.05) is 12.6 Å². The number of nitrogens with one attached hydrogen (secondary N) is 1. The molecule has 6 heterocycles. The number of H-pyrrole nitrogens is 1. The first-order valence-corrected chi connectivity index (χ1v) is 14.7. The molecule has 2 aliphatic heterocycles. The summed E-state index contributed by atoms with van der Waals surface area (Å²) in [4.78, 5) is 37.3. The van der Waals surface area contributed by atoms with Crippen LogP contribution in [0.4, 0.5) is 16.2 Å². The first-order valence-electron chi connectivity index (χ1n) is 12.1. The Balaban J connectivity index is 1.16. The number of rotatable bonds is 8. The Hall–Kier alpha value is -3.20. The minimum atomic E-state index is -4.08. The smallest absolute Gasteiger partial charge is 0.325 e. The predicted octanol–water partition coefficient (Wildman–Crippen LogP) is -1.38. The second-order valence-corrected chi connectivity index (χ2v) is 12.1. The second-order valence-electron chi connectivity index (χ2n) is 9.35. The zero-order valence-corrected chi connectivity index (χ0v) is 22.5. The molecule has 8 atom stereocenters. The van der Waals surface area contributed by atoms with Gasteiger partial charge in [-0.2, -0.15) is 9.67 Å². The van der Waals surface area contributed by atoms with Crippen molar-refractivity contribution >= 4 is 52.5 Å². The number of hydrogen-bond acceptors (Lipinski definition) is 15. The van der Waals surface area contributed by atoms with E-state index >= 15 is 4.39 Å². The summed E-state index contributed by atoms with van der Waals surface area (Å²) in [7, 11) is 0. The maximum atomic E-state index is 15.1. The molecule has 18 nitrogen and oxygen atoms in total. The molecule has 0 aliphatic carbocycles. The van der Waals surface area contributed by atoms with Crippen molar-refractivity contribution in [2.45, 2.75) is 49.5 Å². The van der Waals surface area contributed by atoms with Gasteiger partial charge in [-0.05, 0) is 17.9 Å². The van der Waals surface area contributed by atoms with Crippen molar-refractivity contribution in [3.63, 3.8) is 0 Å². The molecule has 2 aliphatic rings. The fraction of sp³-hybridized carbons (Fsp3) is 0.500. The summed E-state index contributed by atoms with van der Waals surface area (Å²) in [6.07, 6.45) is -6.17. The number of aliphatic hydroxyl groups excluding tert-OH is 2. The van der Waals surface area contributed by atoms with Crippen molar-refractivity contribution in [3.05, 3.63) is 28.9 Å². The molecule has 2 saturated heterocycles. The van der Waals surface area contributed by atoms with Crippen LogP contribution in [0.15, 0.2) is 23.4 Å². The maximum Gasteiger partial charge on any atom is 0.325 e. The topological polar surface area (TPSA) is 257 Å². The van der Waals surface area contributed by atoms with Crippen molar-refractivity contribution in [2.75, 3.05) is 24.7 Å². The Morgan fingerprint density at radius 3 is 2.85 bits per heavy atom. The average molecular weight is 615 g/mol. The van der Waals surface area contributed by atoms with Gasteiger partial charge in [-0.15, -0.1) is 5.10 Å². The van der Waals surface area contributed by atoms with E-state index in [2.05, 4.69) is 30.2 Å². The van der Waals surface area contributed by atoms with Gasteiger partial charge in [0.15, 0.2) is 29.8 Å². The Morgan fingerprint density at radius 2 is 2.07 bits per heavy atom. The van der Waals surface area contributed by atoms with Crippen LogP contribution in [0.2, 0.25) is 0 Å². The summed E-state index contributed by atoms with van der Waals surface area (Å²) in [5, 5.41) is 28.3. The molecule has 0 bridgehead atoms. The molecular weight excluding hydrogens is 590 g/mol. The van der Waals surface area contributed by atoms with E-state index in [1.54, 1.807) is 6.07 Å². The van der Waals surface area contributed by atoms with Gasteiger partial charge in [-0.1, -0.05) is 5.21 Å². The van der Waals surface area contributed by atoms with E-state index in [1.807, 2.05) is 0 Å². The van der Waals surface area contributed by atoms with Crippen LogP contribution in [-0.2, 0) is 30.3 Å². The van der Waals surface area contributed by atoms with E-state index in [0.717, 1.165) is 4.68 Å². The van der Waals surface area contributed by atoms with Gasteiger partial charge >= 0.3 is 6.72 Å². The highest BCUT2D eigenvalue weighted by molar-refractivity contribution is 8.07. The monoisotopic (exact) mass is 614 g/mol. The Morgan fingerprint density at radius 1 is 1.27 bits per heavy atom. The number of nitrogen functional groups attached to an aromatic ring is 2. The zero-order valence-electron chi connectivity index (χ0n) is 20.8. The second kappa shape index (κ2) is 10.6. The SMILES string of the molecule is Nc1nc2c(nnn2[C@@H]2O[C@H](CO)C[C@H]2OP(O)(=S)OC[C@H]2O[C@@H](n3ccc4c(N)ncnc43)[C@@H](F)[C@@H]2O)c(=O)[nH]1. The fourth-order valence-electron chi connectivity index (χ4n) is 4.80. The highest BCUT2D eigenvalue weighted by atomic mass is 32.5. The number of aromatic amines is 1. The van der Waals surface area contributed by atoms with Gasteiger partial charge in [-0.3, -0.25) is 9.78 Å². The van der Waals surface area contributed by atoms with Gasteiger partial charge < -0.3 is 49.7 Å². The highest BCUT2D eigenvalue weighted by Gasteiger charge is 2.47. The van der Waals surface area contributed by atoms with E-state index in [0.29, 0.717) is 11.0 Å². The van der Waals surface area contributed by atoms with Crippen LogP contribution >= 0.6 is 6.72 Å². The first-order chi connectivity index (χ1) is 19.6. The number of nitrogens with two attached hydrogens (primary N) is 2. The van der Waals surface area contributed by atoms with Crippen LogP contribution in [0.1, 0.15) is 18.9 Å². The molecule has 1 unspecified atom stereocenters. The van der Waals surface area contributed by atoms with Crippen LogP contribution in [0.5, 0.6) is 0 Å². The lowest BCUT2D eigenvalue weighted by Gasteiger charge is -2.25. The van der Waals surface area contributed by atoms with Gasteiger partial charge in [0.25, 0.3) is 5.56 Å². The minimum absolute atomic E-state index is 0.0253. The number of halogens is 1. The Labute approximate surface area is 233 Å². The first kappa shape index (κ1) is 27.9. The fourth-order valence-corrected chi connectivity index (χ4v) is 6.25. The number of fused-ring (bicyclic) bond motifs is 2. The molecule has 0 saturated carbocycles. The summed E-state index contributed by atoms with van der Waals surface area (Å²) in [5.74, 6) is 0.00234. The molecular formula is C20H24FN10O8PS. The van der Waals surface area contributed by atoms with E-state index < -0.39 is 68.5 Å². The highest BCUT2D eigenvalue weighted by Crippen LogP contribution is 2.50. The number of ether oxygens (including phenoxy) is 2. The van der Waals surface area contributed by atoms with Crippen LogP contribution in [0.3, 0.4) is 0 Å². The van der Waals surface area contributed by atoms with Gasteiger partial charge in [-0.25, -0.2) is 14.4 Å². The minimum Gasteiger partial charge on any atom is -0.394 e. The van der Waals surface area contributed by atoms with Crippen LogP contribution in [0, 0.1) is 0 Å². The molecule has 220 valence electrons. The molecule has 21 heteroatoms. The van der Waals surface area contributed by atoms with Crippen molar-refractivity contribution < 1.29 is 38.0 Å². The summed E-state index contributed by atoms with van der Waals surface area (Å²) in [6, 6.07) is 1.59. The molecule has 8 N–H and O–H groups in total. The molecule has 41 heavy (non-hydrogen) atoms. The molecule has 0 spiro atoms. The van der Waals surface area contributed by atoms with E-state index in [1.165, 1.54) is 17.1 Å². The van der Waals surface area contributed by atoms with Crippen molar-refractivity contribution in [2.24, 2.45) is 0 Å². The third kappa shape index (κ3) is 5.07. The summed E-state index contributed by atoms with van der Waals surface area (Å²) in [6.45, 7) is -5.01. The normalized spacial score (nSPS) is 29.9. The molecule has 4 aromatic rings.